The first-order chi connectivity index (χ1) is 9.16. The molecule has 2 saturated heterocycles. The third-order valence-corrected chi connectivity index (χ3v) is 4.52. The monoisotopic (exact) mass is 266 g/mol. The summed E-state index contributed by atoms with van der Waals surface area (Å²) in [6.45, 7) is 1.99. The molecule has 0 aromatic carbocycles. The van der Waals surface area contributed by atoms with Gasteiger partial charge in [-0.1, -0.05) is 0 Å². The average molecular weight is 266 g/mol. The van der Waals surface area contributed by atoms with E-state index in [-0.39, 0.29) is 29.9 Å². The number of piperidine rings is 1. The molecule has 19 heavy (non-hydrogen) atoms. The number of aliphatic hydroxyl groups excluding tert-OH is 1. The van der Waals surface area contributed by atoms with Crippen molar-refractivity contribution in [2.75, 3.05) is 19.6 Å². The zero-order chi connectivity index (χ0) is 13.4. The Kier molecular flexibility index (Phi) is 3.48. The van der Waals surface area contributed by atoms with Crippen LogP contribution in [0.1, 0.15) is 38.5 Å². The lowest BCUT2D eigenvalue weighted by Crippen LogP contribution is -2.50. The molecule has 0 aromatic heterocycles. The van der Waals surface area contributed by atoms with Crippen LogP contribution >= 0.6 is 0 Å². The maximum absolute atomic E-state index is 12.5. The van der Waals surface area contributed by atoms with Crippen molar-refractivity contribution in [1.82, 2.24) is 9.80 Å². The highest BCUT2D eigenvalue weighted by molar-refractivity contribution is 5.90. The smallest absolute Gasteiger partial charge is 0.245 e. The molecule has 5 nitrogen and oxygen atoms in total. The molecule has 3 fully saturated rings. The number of amides is 2. The second-order valence-electron chi connectivity index (χ2n) is 6.02. The number of likely N-dealkylation sites (tertiary alicyclic amines) is 2. The van der Waals surface area contributed by atoms with Gasteiger partial charge in [0.05, 0.1) is 6.10 Å². The van der Waals surface area contributed by atoms with Gasteiger partial charge in [-0.2, -0.15) is 0 Å². The topological polar surface area (TPSA) is 60.9 Å². The van der Waals surface area contributed by atoms with Crippen LogP contribution in [0, 0.1) is 5.92 Å². The average Bonchev–Trinajstić information content (AvgIpc) is 3.15. The molecule has 2 aliphatic heterocycles. The fraction of sp³-hybridized carbons (Fsp3) is 0.857. The second kappa shape index (κ2) is 5.12. The van der Waals surface area contributed by atoms with Crippen LogP contribution in [0.25, 0.3) is 0 Å². The fourth-order valence-corrected chi connectivity index (χ4v) is 3.15. The van der Waals surface area contributed by atoms with Crippen LogP contribution in [0.15, 0.2) is 0 Å². The second-order valence-corrected chi connectivity index (χ2v) is 6.02. The fourth-order valence-electron chi connectivity index (χ4n) is 3.15. The van der Waals surface area contributed by atoms with Crippen LogP contribution in [0.2, 0.25) is 0 Å². The summed E-state index contributed by atoms with van der Waals surface area (Å²) in [4.78, 5) is 28.3. The summed E-state index contributed by atoms with van der Waals surface area (Å²) in [5.74, 6) is 0.475. The van der Waals surface area contributed by atoms with Gasteiger partial charge in [0.15, 0.2) is 0 Å². The molecule has 3 rings (SSSR count). The van der Waals surface area contributed by atoms with Gasteiger partial charge in [-0.05, 0) is 38.5 Å². The summed E-state index contributed by atoms with van der Waals surface area (Å²) in [7, 11) is 0. The lowest BCUT2D eigenvalue weighted by molar-refractivity contribution is -0.145. The molecule has 2 amide bonds. The molecule has 0 radical (unpaired) electrons. The lowest BCUT2D eigenvalue weighted by Gasteiger charge is -2.34. The Morgan fingerprint density at radius 2 is 1.58 bits per heavy atom. The minimum Gasteiger partial charge on any atom is -0.393 e. The van der Waals surface area contributed by atoms with Crippen molar-refractivity contribution in [3.05, 3.63) is 0 Å². The summed E-state index contributed by atoms with van der Waals surface area (Å²) < 4.78 is 0. The van der Waals surface area contributed by atoms with E-state index < -0.39 is 0 Å². The van der Waals surface area contributed by atoms with Gasteiger partial charge in [0.25, 0.3) is 0 Å². The summed E-state index contributed by atoms with van der Waals surface area (Å²) in [6, 6.07) is -0.233. The van der Waals surface area contributed by atoms with Crippen molar-refractivity contribution >= 4 is 11.8 Å². The first kappa shape index (κ1) is 12.9. The van der Waals surface area contributed by atoms with E-state index in [1.54, 1.807) is 0 Å². The lowest BCUT2D eigenvalue weighted by atomic mass is 10.1. The van der Waals surface area contributed by atoms with E-state index in [4.69, 9.17) is 0 Å². The van der Waals surface area contributed by atoms with Crippen LogP contribution in [0.3, 0.4) is 0 Å². The summed E-state index contributed by atoms with van der Waals surface area (Å²) in [6.07, 6.45) is 4.78. The highest BCUT2D eigenvalue weighted by atomic mass is 16.3. The number of hydrogen-bond donors (Lipinski definition) is 1. The van der Waals surface area contributed by atoms with Crippen molar-refractivity contribution < 1.29 is 14.7 Å². The number of rotatable bonds is 2. The Morgan fingerprint density at radius 1 is 0.895 bits per heavy atom. The molecular formula is C14H22N2O3. The first-order valence-corrected chi connectivity index (χ1v) is 7.44. The maximum Gasteiger partial charge on any atom is 0.245 e. The van der Waals surface area contributed by atoms with E-state index in [2.05, 4.69) is 0 Å². The van der Waals surface area contributed by atoms with Crippen LogP contribution in [0.5, 0.6) is 0 Å². The molecule has 0 aromatic rings. The normalized spacial score (nSPS) is 28.8. The van der Waals surface area contributed by atoms with Crippen LogP contribution in [0.4, 0.5) is 0 Å². The van der Waals surface area contributed by atoms with E-state index in [9.17, 15) is 14.7 Å². The van der Waals surface area contributed by atoms with Crippen LogP contribution < -0.4 is 0 Å². The van der Waals surface area contributed by atoms with Crippen LogP contribution in [-0.2, 0) is 9.59 Å². The maximum atomic E-state index is 12.5. The highest BCUT2D eigenvalue weighted by Gasteiger charge is 2.42. The van der Waals surface area contributed by atoms with E-state index >= 15 is 0 Å². The Morgan fingerprint density at radius 3 is 2.21 bits per heavy atom. The zero-order valence-electron chi connectivity index (χ0n) is 11.3. The quantitative estimate of drug-likeness (QED) is 0.785. The summed E-state index contributed by atoms with van der Waals surface area (Å²) >= 11 is 0. The van der Waals surface area contributed by atoms with E-state index in [1.807, 2.05) is 9.80 Å². The van der Waals surface area contributed by atoms with Gasteiger partial charge in [0.1, 0.15) is 6.04 Å². The van der Waals surface area contributed by atoms with Crippen molar-refractivity contribution in [1.29, 1.82) is 0 Å². The highest BCUT2D eigenvalue weighted by Crippen LogP contribution is 2.34. The summed E-state index contributed by atoms with van der Waals surface area (Å²) in [5, 5.41) is 9.49. The molecule has 1 N–H and O–H groups in total. The number of carbonyl (C=O) groups excluding carboxylic acids is 2. The first-order valence-electron chi connectivity index (χ1n) is 7.44. The Hall–Kier alpha value is -1.10. The van der Waals surface area contributed by atoms with E-state index in [1.165, 1.54) is 0 Å². The standard InChI is InChI=1S/C14H22N2O3/c17-11-5-8-15(9-6-11)14(19)12-2-1-7-16(12)13(18)10-3-4-10/h10-12,17H,1-9H2. The predicted molar refractivity (Wildman–Crippen MR) is 69.3 cm³/mol. The molecule has 1 saturated carbocycles. The van der Waals surface area contributed by atoms with E-state index in [0.717, 1.165) is 32.2 Å². The Labute approximate surface area is 113 Å². The van der Waals surface area contributed by atoms with Gasteiger partial charge < -0.3 is 14.9 Å². The molecule has 2 heterocycles. The number of nitrogens with zero attached hydrogens (tertiary/aromatic N) is 2. The largest absolute Gasteiger partial charge is 0.393 e. The molecule has 1 aliphatic carbocycles. The zero-order valence-corrected chi connectivity index (χ0v) is 11.3. The minimum absolute atomic E-state index is 0.0957. The molecule has 1 unspecified atom stereocenters. The van der Waals surface area contributed by atoms with Crippen molar-refractivity contribution in [3.63, 3.8) is 0 Å². The number of carbonyl (C=O) groups is 2. The molecule has 0 spiro atoms. The van der Waals surface area contributed by atoms with Gasteiger partial charge in [0.2, 0.25) is 11.8 Å². The van der Waals surface area contributed by atoms with Gasteiger partial charge in [-0.25, -0.2) is 0 Å². The third-order valence-electron chi connectivity index (χ3n) is 4.52. The molecule has 106 valence electrons. The molecule has 1 atom stereocenters. The van der Waals surface area contributed by atoms with Crippen molar-refractivity contribution in [2.24, 2.45) is 5.92 Å². The molecule has 0 bridgehead atoms. The number of hydrogen-bond acceptors (Lipinski definition) is 3. The predicted octanol–water partition coefficient (Wildman–Crippen LogP) is 0.371. The summed E-state index contributed by atoms with van der Waals surface area (Å²) in [5.41, 5.74) is 0. The SMILES string of the molecule is O=C(C1CCCN1C(=O)C1CC1)N1CCC(O)CC1. The Balaban J connectivity index is 1.63. The Bertz CT molecular complexity index is 373. The van der Waals surface area contributed by atoms with Gasteiger partial charge >= 0.3 is 0 Å². The molecular weight excluding hydrogens is 244 g/mol. The van der Waals surface area contributed by atoms with Crippen molar-refractivity contribution in [2.45, 2.75) is 50.7 Å². The van der Waals surface area contributed by atoms with Gasteiger partial charge in [-0.3, -0.25) is 9.59 Å². The van der Waals surface area contributed by atoms with Crippen molar-refractivity contribution in [3.8, 4) is 0 Å². The minimum atomic E-state index is -0.267. The third kappa shape index (κ3) is 2.61. The van der Waals surface area contributed by atoms with Crippen LogP contribution in [-0.4, -0.2) is 58.5 Å². The number of aliphatic hydroxyl groups is 1. The van der Waals surface area contributed by atoms with Gasteiger partial charge in [0, 0.05) is 25.6 Å². The van der Waals surface area contributed by atoms with E-state index in [0.29, 0.717) is 25.9 Å². The van der Waals surface area contributed by atoms with Gasteiger partial charge in [-0.15, -0.1) is 0 Å². The molecule has 5 heteroatoms. The molecule has 3 aliphatic rings.